The van der Waals surface area contributed by atoms with Gasteiger partial charge < -0.3 is 20.2 Å². The molecule has 2 aromatic rings. The molecule has 0 aromatic carbocycles. The lowest BCUT2D eigenvalue weighted by atomic mass is 9.95. The van der Waals surface area contributed by atoms with Crippen LogP contribution in [0.5, 0.6) is 0 Å². The predicted molar refractivity (Wildman–Crippen MR) is 70.2 cm³/mol. The van der Waals surface area contributed by atoms with Gasteiger partial charge in [0.25, 0.3) is 0 Å². The second-order valence-electron chi connectivity index (χ2n) is 4.95. The number of hydrogen-bond acceptors (Lipinski definition) is 6. The van der Waals surface area contributed by atoms with Crippen LogP contribution in [0.25, 0.3) is 5.65 Å². The molecule has 2 rings (SSSR count). The second kappa shape index (κ2) is 4.79. The van der Waals surface area contributed by atoms with E-state index in [2.05, 4.69) is 20.7 Å². The van der Waals surface area contributed by atoms with Crippen molar-refractivity contribution in [3.8, 4) is 0 Å². The molecule has 98 valence electrons. The largest absolute Gasteiger partial charge is 0.396 e. The van der Waals surface area contributed by atoms with E-state index in [1.54, 1.807) is 12.4 Å². The van der Waals surface area contributed by atoms with Crippen molar-refractivity contribution in [2.45, 2.75) is 13.8 Å². The minimum absolute atomic E-state index is 0.0968. The van der Waals surface area contributed by atoms with Crippen LogP contribution in [0, 0.1) is 5.41 Å². The molecule has 0 aliphatic rings. The lowest BCUT2D eigenvalue weighted by Crippen LogP contribution is -2.27. The number of anilines is 2. The van der Waals surface area contributed by atoms with Gasteiger partial charge in [0.05, 0.1) is 6.20 Å². The van der Waals surface area contributed by atoms with E-state index in [-0.39, 0.29) is 12.0 Å². The Morgan fingerprint density at radius 1 is 1.50 bits per heavy atom. The summed E-state index contributed by atoms with van der Waals surface area (Å²) in [4.78, 5) is 8.54. The molecular formula is C11H18N6O. The van der Waals surface area contributed by atoms with Crippen LogP contribution < -0.4 is 16.6 Å². The fraction of sp³-hybridized carbons (Fsp3) is 0.455. The summed E-state index contributed by atoms with van der Waals surface area (Å²) >= 11 is 0. The summed E-state index contributed by atoms with van der Waals surface area (Å²) in [5, 5.41) is 12.4. The lowest BCUT2D eigenvalue weighted by Gasteiger charge is -2.22. The van der Waals surface area contributed by atoms with Crippen LogP contribution in [0.3, 0.4) is 0 Å². The predicted octanol–water partition coefficient (Wildman–Crippen LogP) is 0.445. The molecule has 2 heterocycles. The van der Waals surface area contributed by atoms with Crippen molar-refractivity contribution in [3.63, 3.8) is 0 Å². The Kier molecular flexibility index (Phi) is 3.35. The van der Waals surface area contributed by atoms with E-state index in [1.807, 2.05) is 24.4 Å². The minimum atomic E-state index is -0.225. The number of aromatic nitrogens is 3. The molecule has 0 aliphatic heterocycles. The van der Waals surface area contributed by atoms with Gasteiger partial charge in [0, 0.05) is 31.0 Å². The third kappa shape index (κ3) is 2.52. The standard InChI is InChI=1S/C11H18N6O/c1-11(2,7-18)6-14-9-10-13-3-4-17(10)5-8(15-9)16-12/h3-5,16,18H,6-7,12H2,1-2H3,(H,14,15). The van der Waals surface area contributed by atoms with E-state index in [0.29, 0.717) is 18.2 Å². The monoisotopic (exact) mass is 250 g/mol. The molecular weight excluding hydrogens is 232 g/mol. The SMILES string of the molecule is CC(C)(CO)CNc1nc(NN)cn2ccnc12. The number of nitrogens with two attached hydrogens (primary N) is 1. The number of imidazole rings is 1. The summed E-state index contributed by atoms with van der Waals surface area (Å²) in [7, 11) is 0. The van der Waals surface area contributed by atoms with E-state index in [0.717, 1.165) is 5.65 Å². The van der Waals surface area contributed by atoms with E-state index in [9.17, 15) is 5.11 Å². The molecule has 7 heteroatoms. The number of nitrogen functional groups attached to an aromatic ring is 1. The van der Waals surface area contributed by atoms with Crippen LogP contribution >= 0.6 is 0 Å². The first kappa shape index (κ1) is 12.6. The first-order chi connectivity index (χ1) is 8.55. The molecule has 0 saturated carbocycles. The molecule has 0 saturated heterocycles. The summed E-state index contributed by atoms with van der Waals surface area (Å²) in [6.45, 7) is 4.62. The highest BCUT2D eigenvalue weighted by molar-refractivity contribution is 5.65. The van der Waals surface area contributed by atoms with Crippen LogP contribution in [0.2, 0.25) is 0 Å². The number of fused-ring (bicyclic) bond motifs is 1. The zero-order chi connectivity index (χ0) is 13.2. The average molecular weight is 250 g/mol. The summed E-state index contributed by atoms with van der Waals surface area (Å²) in [6.07, 6.45) is 5.27. The van der Waals surface area contributed by atoms with Gasteiger partial charge in [-0.15, -0.1) is 0 Å². The molecule has 0 bridgehead atoms. The van der Waals surface area contributed by atoms with Gasteiger partial charge in [-0.05, 0) is 0 Å². The Hall–Kier alpha value is -1.86. The van der Waals surface area contributed by atoms with Gasteiger partial charge in [-0.1, -0.05) is 13.8 Å². The van der Waals surface area contributed by atoms with E-state index in [4.69, 9.17) is 5.84 Å². The van der Waals surface area contributed by atoms with Gasteiger partial charge in [-0.2, -0.15) is 0 Å². The molecule has 0 atom stereocenters. The first-order valence-corrected chi connectivity index (χ1v) is 5.71. The maximum atomic E-state index is 9.23. The number of rotatable bonds is 5. The summed E-state index contributed by atoms with van der Waals surface area (Å²) < 4.78 is 1.83. The van der Waals surface area contributed by atoms with Crippen molar-refractivity contribution in [1.82, 2.24) is 14.4 Å². The zero-order valence-electron chi connectivity index (χ0n) is 10.5. The highest BCUT2D eigenvalue weighted by Gasteiger charge is 2.17. The molecule has 2 aromatic heterocycles. The normalized spacial score (nSPS) is 11.8. The molecule has 0 fully saturated rings. The van der Waals surface area contributed by atoms with Crippen molar-refractivity contribution in [3.05, 3.63) is 18.6 Å². The minimum Gasteiger partial charge on any atom is -0.396 e. The van der Waals surface area contributed by atoms with Gasteiger partial charge in [0.1, 0.15) is 0 Å². The van der Waals surface area contributed by atoms with Gasteiger partial charge in [0.2, 0.25) is 0 Å². The highest BCUT2D eigenvalue weighted by Crippen LogP contribution is 2.19. The number of nitrogens with one attached hydrogen (secondary N) is 2. The quantitative estimate of drug-likeness (QED) is 0.454. The van der Waals surface area contributed by atoms with Crippen LogP contribution in [-0.2, 0) is 0 Å². The molecule has 0 aliphatic carbocycles. The summed E-state index contributed by atoms with van der Waals surface area (Å²) in [6, 6.07) is 0. The average Bonchev–Trinajstić information content (AvgIpc) is 2.84. The van der Waals surface area contributed by atoms with Gasteiger partial charge in [-0.25, -0.2) is 15.8 Å². The topological polar surface area (TPSA) is 100 Å². The Bertz CT molecular complexity index is 535. The maximum Gasteiger partial charge on any atom is 0.180 e. The van der Waals surface area contributed by atoms with Crippen LogP contribution in [0.4, 0.5) is 11.6 Å². The van der Waals surface area contributed by atoms with Crippen LogP contribution in [0.1, 0.15) is 13.8 Å². The molecule has 0 unspecified atom stereocenters. The fourth-order valence-electron chi connectivity index (χ4n) is 1.50. The van der Waals surface area contributed by atoms with Crippen molar-refractivity contribution >= 4 is 17.3 Å². The third-order valence-electron chi connectivity index (χ3n) is 2.68. The Balaban J connectivity index is 2.28. The molecule has 0 amide bonds. The van der Waals surface area contributed by atoms with Gasteiger partial charge >= 0.3 is 0 Å². The number of nitrogens with zero attached hydrogens (tertiary/aromatic N) is 3. The molecule has 0 spiro atoms. The Morgan fingerprint density at radius 2 is 2.28 bits per heavy atom. The summed E-state index contributed by atoms with van der Waals surface area (Å²) in [5.74, 6) is 6.55. The molecule has 5 N–H and O–H groups in total. The van der Waals surface area contributed by atoms with E-state index < -0.39 is 0 Å². The number of hydrazine groups is 1. The Morgan fingerprint density at radius 3 is 2.94 bits per heavy atom. The Labute approximate surface area is 105 Å². The van der Waals surface area contributed by atoms with Crippen LogP contribution in [-0.4, -0.2) is 32.6 Å². The highest BCUT2D eigenvalue weighted by atomic mass is 16.3. The van der Waals surface area contributed by atoms with Crippen LogP contribution in [0.15, 0.2) is 18.6 Å². The second-order valence-corrected chi connectivity index (χ2v) is 4.95. The lowest BCUT2D eigenvalue weighted by molar-refractivity contribution is 0.171. The van der Waals surface area contributed by atoms with Crippen molar-refractivity contribution in [2.24, 2.45) is 11.3 Å². The first-order valence-electron chi connectivity index (χ1n) is 5.71. The van der Waals surface area contributed by atoms with Crippen molar-refractivity contribution in [2.75, 3.05) is 23.9 Å². The third-order valence-corrected chi connectivity index (χ3v) is 2.68. The molecule has 18 heavy (non-hydrogen) atoms. The smallest absolute Gasteiger partial charge is 0.180 e. The summed E-state index contributed by atoms with van der Waals surface area (Å²) in [5.41, 5.74) is 3.01. The maximum absolute atomic E-state index is 9.23. The van der Waals surface area contributed by atoms with Gasteiger partial charge in [0.15, 0.2) is 17.3 Å². The van der Waals surface area contributed by atoms with Crippen molar-refractivity contribution in [1.29, 1.82) is 0 Å². The number of hydrogen-bond donors (Lipinski definition) is 4. The fourth-order valence-corrected chi connectivity index (χ4v) is 1.50. The van der Waals surface area contributed by atoms with E-state index >= 15 is 0 Å². The van der Waals surface area contributed by atoms with Gasteiger partial charge in [-0.3, -0.25) is 0 Å². The number of aliphatic hydroxyl groups is 1. The van der Waals surface area contributed by atoms with Crippen molar-refractivity contribution < 1.29 is 5.11 Å². The van der Waals surface area contributed by atoms with E-state index in [1.165, 1.54) is 0 Å². The molecule has 7 nitrogen and oxygen atoms in total. The molecule has 0 radical (unpaired) electrons. The zero-order valence-corrected chi connectivity index (χ0v) is 10.5. The number of aliphatic hydroxyl groups excluding tert-OH is 1.